The predicted octanol–water partition coefficient (Wildman–Crippen LogP) is 4.99. The van der Waals surface area contributed by atoms with Crippen LogP contribution in [-0.2, 0) is 11.3 Å². The van der Waals surface area contributed by atoms with Crippen LogP contribution in [0, 0.1) is 0 Å². The van der Waals surface area contributed by atoms with Gasteiger partial charge in [0.2, 0.25) is 0 Å². The third kappa shape index (κ3) is 6.46. The second-order valence-electron chi connectivity index (χ2n) is 8.26. The summed E-state index contributed by atoms with van der Waals surface area (Å²) in [4.78, 5) is 17.7. The molecule has 6 heteroatoms. The molecule has 0 radical (unpaired) electrons. The van der Waals surface area contributed by atoms with Gasteiger partial charge in [-0.3, -0.25) is 4.90 Å². The molecule has 1 heterocycles. The number of nitrogens with zero attached hydrogens (tertiary/aromatic N) is 2. The second kappa shape index (κ2) is 11.7. The molecule has 2 amide bonds. The van der Waals surface area contributed by atoms with Crippen LogP contribution in [0.5, 0.6) is 5.75 Å². The summed E-state index contributed by atoms with van der Waals surface area (Å²) in [5, 5.41) is 5.31. The molecule has 1 fully saturated rings. The van der Waals surface area contributed by atoms with E-state index in [-0.39, 0.29) is 6.03 Å². The normalized spacial score (nSPS) is 14.2. The Morgan fingerprint density at radius 3 is 2.58 bits per heavy atom. The number of fused-ring (bicyclic) bond motifs is 1. The maximum atomic E-state index is 13.4. The number of amides is 2. The Balaban J connectivity index is 1.45. The Kier molecular flexibility index (Phi) is 8.17. The smallest absolute Gasteiger partial charge is 0.322 e. The Morgan fingerprint density at radius 1 is 1.03 bits per heavy atom. The first-order chi connectivity index (χ1) is 16.2. The highest BCUT2D eigenvalue weighted by molar-refractivity contribution is 6.01. The van der Waals surface area contributed by atoms with Gasteiger partial charge in [-0.05, 0) is 42.5 Å². The number of hydrogen-bond donors (Lipinski definition) is 1. The number of hydrogen-bond acceptors (Lipinski definition) is 4. The van der Waals surface area contributed by atoms with Crippen LogP contribution < -0.4 is 10.1 Å². The quantitative estimate of drug-likeness (QED) is 0.502. The topological polar surface area (TPSA) is 54.0 Å². The van der Waals surface area contributed by atoms with Crippen LogP contribution in [0.3, 0.4) is 0 Å². The fraction of sp³-hybridized carbons (Fsp3) is 0.370. The van der Waals surface area contributed by atoms with Gasteiger partial charge in [-0.15, -0.1) is 0 Å². The molecule has 6 nitrogen and oxygen atoms in total. The summed E-state index contributed by atoms with van der Waals surface area (Å²) in [6.07, 6.45) is 0.917. The standard InChI is InChI=1S/C27H33N3O3/c1-2-33-24-13-11-22(12-14-24)21-30(16-6-15-29-17-19-32-20-18-29)27(31)28-26-10-5-8-23-7-3-4-9-25(23)26/h3-5,7-14H,2,6,15-21H2,1H3,(H,28,31). The summed E-state index contributed by atoms with van der Waals surface area (Å²) in [6.45, 7) is 8.30. The van der Waals surface area contributed by atoms with E-state index in [0.29, 0.717) is 19.7 Å². The van der Waals surface area contributed by atoms with Crippen molar-refractivity contribution in [2.75, 3.05) is 51.3 Å². The zero-order chi connectivity index (χ0) is 22.9. The van der Waals surface area contributed by atoms with E-state index in [0.717, 1.165) is 67.0 Å². The predicted molar refractivity (Wildman–Crippen MR) is 133 cm³/mol. The average molecular weight is 448 g/mol. The summed E-state index contributed by atoms with van der Waals surface area (Å²) in [5.74, 6) is 0.848. The van der Waals surface area contributed by atoms with Crippen LogP contribution in [0.2, 0.25) is 0 Å². The molecule has 3 aromatic carbocycles. The van der Waals surface area contributed by atoms with Crippen LogP contribution in [0.4, 0.5) is 10.5 Å². The molecule has 1 aliphatic heterocycles. The molecular formula is C27H33N3O3. The van der Waals surface area contributed by atoms with Gasteiger partial charge in [0.05, 0.1) is 25.5 Å². The number of benzene rings is 3. The molecule has 4 rings (SSSR count). The van der Waals surface area contributed by atoms with E-state index in [2.05, 4.69) is 22.3 Å². The molecule has 0 atom stereocenters. The SMILES string of the molecule is CCOc1ccc(CN(CCCN2CCOCC2)C(=O)Nc2cccc3ccccc23)cc1. The first kappa shape index (κ1) is 23.1. The fourth-order valence-corrected chi connectivity index (χ4v) is 4.17. The van der Waals surface area contributed by atoms with Crippen LogP contribution in [-0.4, -0.2) is 61.8 Å². The van der Waals surface area contributed by atoms with Crippen LogP contribution in [0.1, 0.15) is 18.9 Å². The van der Waals surface area contributed by atoms with E-state index in [9.17, 15) is 4.79 Å². The number of ether oxygens (including phenoxy) is 2. The van der Waals surface area contributed by atoms with E-state index in [1.54, 1.807) is 0 Å². The first-order valence-electron chi connectivity index (χ1n) is 11.8. The van der Waals surface area contributed by atoms with Gasteiger partial charge >= 0.3 is 6.03 Å². The van der Waals surface area contributed by atoms with E-state index in [4.69, 9.17) is 9.47 Å². The highest BCUT2D eigenvalue weighted by Crippen LogP contribution is 2.23. The lowest BCUT2D eigenvalue weighted by atomic mass is 10.1. The summed E-state index contributed by atoms with van der Waals surface area (Å²) < 4.78 is 11.0. The summed E-state index contributed by atoms with van der Waals surface area (Å²) in [5.41, 5.74) is 1.92. The molecular weight excluding hydrogens is 414 g/mol. The molecule has 0 unspecified atom stereocenters. The van der Waals surface area contributed by atoms with E-state index in [1.807, 2.05) is 66.4 Å². The minimum Gasteiger partial charge on any atom is -0.494 e. The van der Waals surface area contributed by atoms with Gasteiger partial charge < -0.3 is 19.7 Å². The highest BCUT2D eigenvalue weighted by Gasteiger charge is 2.17. The first-order valence-corrected chi connectivity index (χ1v) is 11.8. The Hall–Kier alpha value is -3.09. The number of carbonyl (C=O) groups is 1. The molecule has 174 valence electrons. The maximum Gasteiger partial charge on any atom is 0.322 e. The van der Waals surface area contributed by atoms with Crippen molar-refractivity contribution in [3.05, 3.63) is 72.3 Å². The third-order valence-electron chi connectivity index (χ3n) is 5.93. The summed E-state index contributed by atoms with van der Waals surface area (Å²) >= 11 is 0. The number of morpholine rings is 1. The number of urea groups is 1. The lowest BCUT2D eigenvalue weighted by Crippen LogP contribution is -2.40. The summed E-state index contributed by atoms with van der Waals surface area (Å²) in [6, 6.07) is 22.0. The van der Waals surface area contributed by atoms with Crippen molar-refractivity contribution in [1.29, 1.82) is 0 Å². The van der Waals surface area contributed by atoms with E-state index in [1.165, 1.54) is 0 Å². The molecule has 33 heavy (non-hydrogen) atoms. The Labute approximate surface area is 196 Å². The van der Waals surface area contributed by atoms with Gasteiger partial charge in [0.15, 0.2) is 0 Å². The van der Waals surface area contributed by atoms with Crippen molar-refractivity contribution >= 4 is 22.5 Å². The van der Waals surface area contributed by atoms with Crippen molar-refractivity contribution < 1.29 is 14.3 Å². The van der Waals surface area contributed by atoms with Gasteiger partial charge in [0, 0.05) is 38.1 Å². The molecule has 3 aromatic rings. The van der Waals surface area contributed by atoms with Gasteiger partial charge in [0.25, 0.3) is 0 Å². The number of carbonyl (C=O) groups excluding carboxylic acids is 1. The average Bonchev–Trinajstić information content (AvgIpc) is 2.85. The molecule has 0 aliphatic carbocycles. The molecule has 0 saturated carbocycles. The third-order valence-corrected chi connectivity index (χ3v) is 5.93. The summed E-state index contributed by atoms with van der Waals surface area (Å²) in [7, 11) is 0. The van der Waals surface area contributed by atoms with Gasteiger partial charge in [-0.25, -0.2) is 4.79 Å². The maximum absolute atomic E-state index is 13.4. The number of nitrogens with one attached hydrogen (secondary N) is 1. The van der Waals surface area contributed by atoms with Gasteiger partial charge in [0.1, 0.15) is 5.75 Å². The van der Waals surface area contributed by atoms with Crippen molar-refractivity contribution in [2.24, 2.45) is 0 Å². The van der Waals surface area contributed by atoms with Crippen molar-refractivity contribution in [3.8, 4) is 5.75 Å². The lowest BCUT2D eigenvalue weighted by molar-refractivity contribution is 0.0365. The van der Waals surface area contributed by atoms with Crippen LogP contribution in [0.15, 0.2) is 66.7 Å². The molecule has 1 saturated heterocycles. The zero-order valence-corrected chi connectivity index (χ0v) is 19.3. The van der Waals surface area contributed by atoms with Crippen molar-refractivity contribution in [1.82, 2.24) is 9.80 Å². The van der Waals surface area contributed by atoms with E-state index < -0.39 is 0 Å². The monoisotopic (exact) mass is 447 g/mol. The fourth-order valence-electron chi connectivity index (χ4n) is 4.17. The minimum atomic E-state index is -0.0813. The molecule has 1 aliphatic rings. The lowest BCUT2D eigenvalue weighted by Gasteiger charge is -2.28. The van der Waals surface area contributed by atoms with Crippen molar-refractivity contribution in [3.63, 3.8) is 0 Å². The molecule has 1 N–H and O–H groups in total. The molecule has 0 bridgehead atoms. The van der Waals surface area contributed by atoms with Crippen LogP contribution in [0.25, 0.3) is 10.8 Å². The van der Waals surface area contributed by atoms with Crippen molar-refractivity contribution in [2.45, 2.75) is 19.9 Å². The zero-order valence-electron chi connectivity index (χ0n) is 19.3. The number of rotatable bonds is 9. The minimum absolute atomic E-state index is 0.0813. The van der Waals surface area contributed by atoms with Gasteiger partial charge in [-0.2, -0.15) is 0 Å². The molecule has 0 spiro atoms. The Morgan fingerprint density at radius 2 is 1.79 bits per heavy atom. The van der Waals surface area contributed by atoms with Crippen LogP contribution >= 0.6 is 0 Å². The Bertz CT molecular complexity index is 1030. The second-order valence-corrected chi connectivity index (χ2v) is 8.26. The number of anilines is 1. The largest absolute Gasteiger partial charge is 0.494 e. The molecule has 0 aromatic heterocycles. The van der Waals surface area contributed by atoms with E-state index >= 15 is 0 Å². The highest BCUT2D eigenvalue weighted by atomic mass is 16.5. The van der Waals surface area contributed by atoms with Gasteiger partial charge in [-0.1, -0.05) is 48.5 Å².